The molecule has 1 N–H and O–H groups in total. The van der Waals surface area contributed by atoms with Crippen LogP contribution in [0.5, 0.6) is 5.75 Å². The maximum Gasteiger partial charge on any atom is 0.333 e. The van der Waals surface area contributed by atoms with Crippen LogP contribution >= 0.6 is 0 Å². The van der Waals surface area contributed by atoms with E-state index in [-0.39, 0.29) is 0 Å². The number of hydrogen-bond acceptors (Lipinski definition) is 6. The normalized spacial score (nSPS) is 11.3. The van der Waals surface area contributed by atoms with E-state index in [0.29, 0.717) is 23.6 Å². The molecule has 0 saturated carbocycles. The molecule has 170 valence electrons. The van der Waals surface area contributed by atoms with E-state index in [1.807, 2.05) is 18.2 Å². The van der Waals surface area contributed by atoms with Crippen molar-refractivity contribution in [1.29, 1.82) is 5.26 Å². The number of nitriles is 1. The molecule has 0 aliphatic heterocycles. The fraction of sp³-hybridized carbons (Fsp3) is 0.296. The SMILES string of the molecule is CCCc1cc(CC)cc(C(Nc2ccc(C#N)cc2)C(=O)OC)c1OCc1cccnc1. The Kier molecular flexibility index (Phi) is 8.43. The molecule has 0 aliphatic rings. The summed E-state index contributed by atoms with van der Waals surface area (Å²) in [6.45, 7) is 4.55. The predicted molar refractivity (Wildman–Crippen MR) is 128 cm³/mol. The first-order chi connectivity index (χ1) is 16.1. The van der Waals surface area contributed by atoms with E-state index in [4.69, 9.17) is 14.7 Å². The van der Waals surface area contributed by atoms with Gasteiger partial charge in [0, 0.05) is 29.2 Å². The second-order valence-corrected chi connectivity index (χ2v) is 7.72. The number of aromatic nitrogens is 1. The summed E-state index contributed by atoms with van der Waals surface area (Å²) in [6, 6.07) is 16.3. The maximum absolute atomic E-state index is 12.9. The summed E-state index contributed by atoms with van der Waals surface area (Å²) in [4.78, 5) is 17.1. The molecule has 6 heteroatoms. The second-order valence-electron chi connectivity index (χ2n) is 7.72. The van der Waals surface area contributed by atoms with Gasteiger partial charge in [-0.15, -0.1) is 0 Å². The smallest absolute Gasteiger partial charge is 0.333 e. The third-order valence-corrected chi connectivity index (χ3v) is 5.36. The van der Waals surface area contributed by atoms with Crippen LogP contribution in [0.4, 0.5) is 5.69 Å². The molecule has 1 aromatic heterocycles. The highest BCUT2D eigenvalue weighted by Gasteiger charge is 2.27. The van der Waals surface area contributed by atoms with Gasteiger partial charge in [0.05, 0.1) is 18.7 Å². The number of aryl methyl sites for hydroxylation is 2. The highest BCUT2D eigenvalue weighted by molar-refractivity contribution is 5.82. The lowest BCUT2D eigenvalue weighted by atomic mass is 9.95. The molecule has 3 aromatic rings. The van der Waals surface area contributed by atoms with Crippen LogP contribution < -0.4 is 10.1 Å². The number of pyridine rings is 1. The van der Waals surface area contributed by atoms with Crippen LogP contribution in [0.15, 0.2) is 60.9 Å². The average molecular weight is 444 g/mol. The van der Waals surface area contributed by atoms with E-state index >= 15 is 0 Å². The summed E-state index contributed by atoms with van der Waals surface area (Å²) < 4.78 is 11.5. The summed E-state index contributed by atoms with van der Waals surface area (Å²) in [5.74, 6) is 0.274. The van der Waals surface area contributed by atoms with Gasteiger partial charge in [0.15, 0.2) is 6.04 Å². The molecular weight excluding hydrogens is 414 g/mol. The van der Waals surface area contributed by atoms with Crippen LogP contribution in [0, 0.1) is 11.3 Å². The van der Waals surface area contributed by atoms with Gasteiger partial charge < -0.3 is 14.8 Å². The molecule has 2 aromatic carbocycles. The van der Waals surface area contributed by atoms with Crippen LogP contribution in [0.3, 0.4) is 0 Å². The van der Waals surface area contributed by atoms with E-state index in [1.165, 1.54) is 7.11 Å². The molecule has 6 nitrogen and oxygen atoms in total. The van der Waals surface area contributed by atoms with Crippen LogP contribution in [0.2, 0.25) is 0 Å². The van der Waals surface area contributed by atoms with E-state index in [1.54, 1.807) is 36.7 Å². The van der Waals surface area contributed by atoms with Crippen LogP contribution in [-0.4, -0.2) is 18.1 Å². The number of benzene rings is 2. The maximum atomic E-state index is 12.9. The summed E-state index contributed by atoms with van der Waals surface area (Å²) in [5, 5.41) is 12.4. The molecule has 1 heterocycles. The highest BCUT2D eigenvalue weighted by atomic mass is 16.5. The average Bonchev–Trinajstić information content (AvgIpc) is 2.86. The molecule has 0 saturated heterocycles. The van der Waals surface area contributed by atoms with Gasteiger partial charge in [0.1, 0.15) is 12.4 Å². The minimum atomic E-state index is -0.769. The minimum Gasteiger partial charge on any atom is -0.488 e. The Bertz CT molecular complexity index is 1110. The van der Waals surface area contributed by atoms with Crippen LogP contribution in [0.1, 0.15) is 54.1 Å². The molecule has 0 fully saturated rings. The molecule has 1 unspecified atom stereocenters. The molecule has 0 spiro atoms. The standard InChI is InChI=1S/C27H29N3O3/c1-4-7-22-14-19(5-2)15-24(26(22)33-18-21-8-6-13-29-17-21)25(27(31)32-3)30-23-11-9-20(16-28)10-12-23/h6,8-15,17,25,30H,4-5,7,18H2,1-3H3. The van der Waals surface area contributed by atoms with Gasteiger partial charge in [0.25, 0.3) is 0 Å². The lowest BCUT2D eigenvalue weighted by molar-refractivity contribution is -0.141. The van der Waals surface area contributed by atoms with Crippen molar-refractivity contribution in [3.8, 4) is 11.8 Å². The zero-order valence-electron chi connectivity index (χ0n) is 19.3. The number of carbonyl (C=O) groups is 1. The van der Waals surface area contributed by atoms with Gasteiger partial charge >= 0.3 is 5.97 Å². The number of esters is 1. The quantitative estimate of drug-likeness (QED) is 0.424. The lowest BCUT2D eigenvalue weighted by Crippen LogP contribution is -2.24. The van der Waals surface area contributed by atoms with Crippen molar-refractivity contribution in [3.63, 3.8) is 0 Å². The van der Waals surface area contributed by atoms with Crippen molar-refractivity contribution in [3.05, 3.63) is 88.7 Å². The van der Waals surface area contributed by atoms with Gasteiger partial charge in [-0.05, 0) is 60.4 Å². The fourth-order valence-electron chi connectivity index (χ4n) is 3.66. The summed E-state index contributed by atoms with van der Waals surface area (Å²) in [5.41, 5.74) is 5.12. The first-order valence-corrected chi connectivity index (χ1v) is 11.1. The van der Waals surface area contributed by atoms with E-state index in [9.17, 15) is 4.79 Å². The first-order valence-electron chi connectivity index (χ1n) is 11.1. The number of methoxy groups -OCH3 is 1. The monoisotopic (exact) mass is 443 g/mol. The number of anilines is 1. The number of hydrogen-bond donors (Lipinski definition) is 1. The number of nitrogens with one attached hydrogen (secondary N) is 1. The Balaban J connectivity index is 2.06. The third kappa shape index (κ3) is 6.11. The highest BCUT2D eigenvalue weighted by Crippen LogP contribution is 2.35. The van der Waals surface area contributed by atoms with Crippen LogP contribution in [0.25, 0.3) is 0 Å². The minimum absolute atomic E-state index is 0.341. The van der Waals surface area contributed by atoms with E-state index in [0.717, 1.165) is 41.5 Å². The molecule has 33 heavy (non-hydrogen) atoms. The Labute approximate surface area is 195 Å². The zero-order valence-corrected chi connectivity index (χ0v) is 19.3. The summed E-state index contributed by atoms with van der Waals surface area (Å²) >= 11 is 0. The summed E-state index contributed by atoms with van der Waals surface area (Å²) in [6.07, 6.45) is 6.10. The van der Waals surface area contributed by atoms with Crippen molar-refractivity contribution in [2.75, 3.05) is 12.4 Å². The van der Waals surface area contributed by atoms with Crippen molar-refractivity contribution in [2.24, 2.45) is 0 Å². The molecule has 1 atom stereocenters. The summed E-state index contributed by atoms with van der Waals surface area (Å²) in [7, 11) is 1.38. The van der Waals surface area contributed by atoms with E-state index < -0.39 is 12.0 Å². The number of ether oxygens (including phenoxy) is 2. The molecular formula is C27H29N3O3. The van der Waals surface area contributed by atoms with Gasteiger partial charge in [-0.25, -0.2) is 4.79 Å². The number of nitrogens with zero attached hydrogens (tertiary/aromatic N) is 2. The molecule has 0 amide bonds. The Morgan fingerprint density at radius 3 is 2.55 bits per heavy atom. The van der Waals surface area contributed by atoms with Crippen molar-refractivity contribution < 1.29 is 14.3 Å². The van der Waals surface area contributed by atoms with Crippen LogP contribution in [-0.2, 0) is 29.0 Å². The van der Waals surface area contributed by atoms with Crippen molar-refractivity contribution in [2.45, 2.75) is 45.8 Å². The first kappa shape index (κ1) is 23.8. The Morgan fingerprint density at radius 2 is 1.94 bits per heavy atom. The third-order valence-electron chi connectivity index (χ3n) is 5.36. The molecule has 3 rings (SSSR count). The predicted octanol–water partition coefficient (Wildman–Crippen LogP) is 5.37. The van der Waals surface area contributed by atoms with Gasteiger partial charge in [-0.3, -0.25) is 4.98 Å². The zero-order chi connectivity index (χ0) is 23.6. The molecule has 0 bridgehead atoms. The second kappa shape index (κ2) is 11.7. The van der Waals surface area contributed by atoms with Gasteiger partial charge in [0.2, 0.25) is 0 Å². The Hall–Kier alpha value is -3.85. The van der Waals surface area contributed by atoms with Crippen molar-refractivity contribution in [1.82, 2.24) is 4.98 Å². The van der Waals surface area contributed by atoms with Gasteiger partial charge in [-0.1, -0.05) is 32.4 Å². The van der Waals surface area contributed by atoms with Gasteiger partial charge in [-0.2, -0.15) is 5.26 Å². The molecule has 0 aliphatic carbocycles. The fourth-order valence-corrected chi connectivity index (χ4v) is 3.66. The van der Waals surface area contributed by atoms with Crippen molar-refractivity contribution >= 4 is 11.7 Å². The topological polar surface area (TPSA) is 84.2 Å². The van der Waals surface area contributed by atoms with E-state index in [2.05, 4.69) is 36.3 Å². The molecule has 0 radical (unpaired) electrons. The Morgan fingerprint density at radius 1 is 1.15 bits per heavy atom. The largest absolute Gasteiger partial charge is 0.488 e. The lowest BCUT2D eigenvalue weighted by Gasteiger charge is -2.24. The number of carbonyl (C=O) groups excluding carboxylic acids is 1. The number of rotatable bonds is 10.